The van der Waals surface area contributed by atoms with E-state index in [9.17, 15) is 9.18 Å². The van der Waals surface area contributed by atoms with Crippen LogP contribution in [-0.2, 0) is 4.79 Å². The first-order chi connectivity index (χ1) is 14.6. The van der Waals surface area contributed by atoms with Gasteiger partial charge in [-0.15, -0.1) is 0 Å². The van der Waals surface area contributed by atoms with Crippen molar-refractivity contribution in [1.82, 2.24) is 15.1 Å². The van der Waals surface area contributed by atoms with E-state index in [1.165, 1.54) is 6.07 Å². The zero-order chi connectivity index (χ0) is 21.3. The molecule has 2 heterocycles. The van der Waals surface area contributed by atoms with E-state index in [1.807, 2.05) is 19.2 Å². The number of nitrogens with two attached hydrogens (primary N) is 1. The second-order valence-corrected chi connectivity index (χ2v) is 8.23. The Morgan fingerprint density at radius 1 is 1.23 bits per heavy atom. The van der Waals surface area contributed by atoms with E-state index >= 15 is 0 Å². The van der Waals surface area contributed by atoms with Crippen LogP contribution in [0.5, 0.6) is 0 Å². The Labute approximate surface area is 179 Å². The molecule has 0 spiro atoms. The van der Waals surface area contributed by atoms with Gasteiger partial charge in [0.15, 0.2) is 5.96 Å². The van der Waals surface area contributed by atoms with Gasteiger partial charge in [0, 0.05) is 59.3 Å². The van der Waals surface area contributed by atoms with Crippen LogP contribution in [0.15, 0.2) is 29.3 Å². The lowest BCUT2D eigenvalue weighted by Gasteiger charge is -2.36. The summed E-state index contributed by atoms with van der Waals surface area (Å²) in [5, 5.41) is 3.47. The van der Waals surface area contributed by atoms with Crippen molar-refractivity contribution in [3.8, 4) is 0 Å². The molecule has 1 aromatic carbocycles. The van der Waals surface area contributed by atoms with Crippen LogP contribution in [0.1, 0.15) is 25.7 Å². The summed E-state index contributed by atoms with van der Waals surface area (Å²) in [6.45, 7) is 7.27. The topological polar surface area (TPSA) is 77.2 Å². The van der Waals surface area contributed by atoms with E-state index in [0.717, 1.165) is 77.6 Å². The smallest absolute Gasteiger partial charge is 0.217 e. The molecule has 0 saturated carbocycles. The van der Waals surface area contributed by atoms with Crippen LogP contribution in [0.4, 0.5) is 10.1 Å². The first-order valence-electron chi connectivity index (χ1n) is 11.0. The van der Waals surface area contributed by atoms with Crippen molar-refractivity contribution in [1.29, 1.82) is 0 Å². The first kappa shape index (κ1) is 22.3. The lowest BCUT2D eigenvalue weighted by atomic mass is 9.95. The number of aliphatic imine (C=N–C) groups is 1. The zero-order valence-electron chi connectivity index (χ0n) is 18.0. The van der Waals surface area contributed by atoms with Gasteiger partial charge in [-0.1, -0.05) is 12.1 Å². The molecular formula is C22H35FN6O. The van der Waals surface area contributed by atoms with Gasteiger partial charge in [0.05, 0.1) is 5.69 Å². The number of piperazine rings is 1. The molecule has 1 aromatic rings. The number of hydrogen-bond donors (Lipinski definition) is 2. The molecular weight excluding hydrogens is 383 g/mol. The van der Waals surface area contributed by atoms with Crippen molar-refractivity contribution >= 4 is 17.6 Å². The number of para-hydroxylation sites is 1. The summed E-state index contributed by atoms with van der Waals surface area (Å²) in [5.41, 5.74) is 6.07. The summed E-state index contributed by atoms with van der Waals surface area (Å²) < 4.78 is 14.0. The molecule has 1 unspecified atom stereocenters. The number of primary amides is 1. The molecule has 8 heteroatoms. The van der Waals surface area contributed by atoms with Crippen molar-refractivity contribution in [2.75, 3.05) is 64.3 Å². The minimum Gasteiger partial charge on any atom is -0.370 e. The summed E-state index contributed by atoms with van der Waals surface area (Å²) >= 11 is 0. The highest BCUT2D eigenvalue weighted by molar-refractivity contribution is 5.80. The number of likely N-dealkylation sites (tertiary alicyclic amines) is 1. The molecule has 0 aliphatic carbocycles. The second kappa shape index (κ2) is 11.2. The number of anilines is 1. The lowest BCUT2D eigenvalue weighted by Crippen LogP contribution is -2.49. The molecule has 166 valence electrons. The third-order valence-electron chi connectivity index (χ3n) is 6.02. The number of hydrogen-bond acceptors (Lipinski definition) is 4. The number of benzene rings is 1. The Kier molecular flexibility index (Phi) is 8.30. The van der Waals surface area contributed by atoms with E-state index in [1.54, 1.807) is 6.07 Å². The van der Waals surface area contributed by atoms with Crippen LogP contribution < -0.4 is 16.0 Å². The number of piperidine rings is 1. The maximum absolute atomic E-state index is 14.0. The van der Waals surface area contributed by atoms with E-state index in [0.29, 0.717) is 18.0 Å². The van der Waals surface area contributed by atoms with E-state index in [2.05, 4.69) is 25.0 Å². The number of carbonyl (C=O) groups is 1. The maximum atomic E-state index is 14.0. The third kappa shape index (κ3) is 6.32. The quantitative estimate of drug-likeness (QED) is 0.399. The standard InChI is InChI=1S/C22H35FN6O/c1-25-22(29-11-4-6-18(17-29)16-21(24)30)26-9-5-10-27-12-14-28(15-13-27)20-8-3-2-7-19(20)23/h2-3,7-8,18H,4-6,9-17H2,1H3,(H2,24,30)(H,25,26). The molecule has 0 radical (unpaired) electrons. The fourth-order valence-electron chi connectivity index (χ4n) is 4.46. The van der Waals surface area contributed by atoms with Crippen molar-refractivity contribution in [2.45, 2.75) is 25.7 Å². The fourth-order valence-corrected chi connectivity index (χ4v) is 4.46. The maximum Gasteiger partial charge on any atom is 0.217 e. The van der Waals surface area contributed by atoms with Gasteiger partial charge in [0.2, 0.25) is 5.91 Å². The van der Waals surface area contributed by atoms with Gasteiger partial charge in [-0.3, -0.25) is 14.7 Å². The number of guanidine groups is 1. The van der Waals surface area contributed by atoms with E-state index in [-0.39, 0.29) is 11.7 Å². The number of carbonyl (C=O) groups excluding carboxylic acids is 1. The number of rotatable bonds is 7. The highest BCUT2D eigenvalue weighted by atomic mass is 19.1. The number of amides is 1. The molecule has 1 amide bonds. The molecule has 2 saturated heterocycles. The molecule has 0 bridgehead atoms. The summed E-state index contributed by atoms with van der Waals surface area (Å²) in [6, 6.07) is 7.01. The largest absolute Gasteiger partial charge is 0.370 e. The predicted molar refractivity (Wildman–Crippen MR) is 119 cm³/mol. The Hall–Kier alpha value is -2.35. The minimum atomic E-state index is -0.222. The molecule has 30 heavy (non-hydrogen) atoms. The van der Waals surface area contributed by atoms with Crippen LogP contribution in [0.25, 0.3) is 0 Å². The molecule has 0 aromatic heterocycles. The van der Waals surface area contributed by atoms with E-state index in [4.69, 9.17) is 5.73 Å². The Morgan fingerprint density at radius 3 is 2.70 bits per heavy atom. The summed E-state index contributed by atoms with van der Waals surface area (Å²) in [5.74, 6) is 0.867. The van der Waals surface area contributed by atoms with Crippen molar-refractivity contribution < 1.29 is 9.18 Å². The fraction of sp³-hybridized carbons (Fsp3) is 0.636. The molecule has 1 atom stereocenters. The molecule has 7 nitrogen and oxygen atoms in total. The Bertz CT molecular complexity index is 719. The van der Waals surface area contributed by atoms with Gasteiger partial charge < -0.3 is 20.9 Å². The first-order valence-corrected chi connectivity index (χ1v) is 11.0. The number of nitrogens with zero attached hydrogens (tertiary/aromatic N) is 4. The molecule has 2 aliphatic heterocycles. The Balaban J connectivity index is 1.35. The van der Waals surface area contributed by atoms with Crippen LogP contribution in [-0.4, -0.2) is 81.1 Å². The average Bonchev–Trinajstić information content (AvgIpc) is 2.74. The van der Waals surface area contributed by atoms with Crippen molar-refractivity contribution in [3.63, 3.8) is 0 Å². The summed E-state index contributed by atoms with van der Waals surface area (Å²) in [4.78, 5) is 22.5. The summed E-state index contributed by atoms with van der Waals surface area (Å²) in [7, 11) is 1.81. The molecule has 3 rings (SSSR count). The highest BCUT2D eigenvalue weighted by Crippen LogP contribution is 2.21. The van der Waals surface area contributed by atoms with Crippen LogP contribution in [0, 0.1) is 11.7 Å². The SMILES string of the molecule is CN=C(NCCCN1CCN(c2ccccc2F)CC1)N1CCCC(CC(N)=O)C1. The monoisotopic (exact) mass is 418 g/mol. The van der Waals surface area contributed by atoms with Gasteiger partial charge in [0.1, 0.15) is 5.82 Å². The zero-order valence-corrected chi connectivity index (χ0v) is 18.0. The van der Waals surface area contributed by atoms with Gasteiger partial charge in [-0.2, -0.15) is 0 Å². The van der Waals surface area contributed by atoms with Crippen LogP contribution >= 0.6 is 0 Å². The molecule has 2 fully saturated rings. The normalized spacial score (nSPS) is 21.0. The number of halogens is 1. The van der Waals surface area contributed by atoms with Crippen molar-refractivity contribution in [2.24, 2.45) is 16.6 Å². The lowest BCUT2D eigenvalue weighted by molar-refractivity contribution is -0.119. The third-order valence-corrected chi connectivity index (χ3v) is 6.02. The van der Waals surface area contributed by atoms with Gasteiger partial charge in [0.25, 0.3) is 0 Å². The van der Waals surface area contributed by atoms with E-state index < -0.39 is 0 Å². The Morgan fingerprint density at radius 2 is 2.00 bits per heavy atom. The predicted octanol–water partition coefficient (Wildman–Crippen LogP) is 1.50. The highest BCUT2D eigenvalue weighted by Gasteiger charge is 2.23. The molecule has 3 N–H and O–H groups in total. The van der Waals surface area contributed by atoms with Crippen LogP contribution in [0.3, 0.4) is 0 Å². The second-order valence-electron chi connectivity index (χ2n) is 8.23. The van der Waals surface area contributed by atoms with Gasteiger partial charge in [-0.05, 0) is 43.9 Å². The van der Waals surface area contributed by atoms with Gasteiger partial charge >= 0.3 is 0 Å². The van der Waals surface area contributed by atoms with Crippen LogP contribution in [0.2, 0.25) is 0 Å². The molecule has 2 aliphatic rings. The van der Waals surface area contributed by atoms with Gasteiger partial charge in [-0.25, -0.2) is 4.39 Å². The average molecular weight is 419 g/mol. The minimum absolute atomic E-state index is 0.141. The number of nitrogens with one attached hydrogen (secondary N) is 1. The van der Waals surface area contributed by atoms with Crippen molar-refractivity contribution in [3.05, 3.63) is 30.1 Å². The summed E-state index contributed by atoms with van der Waals surface area (Å²) in [6.07, 6.45) is 3.59.